The zero-order chi connectivity index (χ0) is 14.7. The molecular formula is C15H18O4. The third-order valence-corrected chi connectivity index (χ3v) is 1.75. The van der Waals surface area contributed by atoms with Gasteiger partial charge in [-0.15, -0.1) is 0 Å². The number of aliphatic carboxylic acids is 1. The molecule has 0 aliphatic rings. The molecule has 1 N–H and O–H groups in total. The van der Waals surface area contributed by atoms with Gasteiger partial charge in [-0.1, -0.05) is 43.0 Å². The van der Waals surface area contributed by atoms with Gasteiger partial charge < -0.3 is 9.84 Å². The summed E-state index contributed by atoms with van der Waals surface area (Å²) in [5.41, 5.74) is 1.17. The Hall–Kier alpha value is -2.36. The second kappa shape index (κ2) is 9.65. The topological polar surface area (TPSA) is 63.6 Å². The van der Waals surface area contributed by atoms with E-state index >= 15 is 0 Å². The van der Waals surface area contributed by atoms with Gasteiger partial charge in [0.1, 0.15) is 0 Å². The molecule has 0 bridgehead atoms. The summed E-state index contributed by atoms with van der Waals surface area (Å²) in [6, 6.07) is 10.0. The van der Waals surface area contributed by atoms with Crippen molar-refractivity contribution in [1.29, 1.82) is 0 Å². The molecule has 1 aromatic rings. The molecule has 0 saturated carbocycles. The fourth-order valence-electron chi connectivity index (χ4n) is 1.00. The Morgan fingerprint density at radius 2 is 1.79 bits per heavy atom. The number of carbonyl (C=O) groups is 2. The lowest BCUT2D eigenvalue weighted by atomic mass is 10.2. The van der Waals surface area contributed by atoms with Gasteiger partial charge >= 0.3 is 11.9 Å². The van der Waals surface area contributed by atoms with Crippen LogP contribution in [0.5, 0.6) is 0 Å². The van der Waals surface area contributed by atoms with Gasteiger partial charge in [-0.3, -0.25) is 0 Å². The van der Waals surface area contributed by atoms with Crippen molar-refractivity contribution in [1.82, 2.24) is 0 Å². The van der Waals surface area contributed by atoms with Crippen LogP contribution in [0.3, 0.4) is 0 Å². The van der Waals surface area contributed by atoms with Crippen LogP contribution in [0.25, 0.3) is 6.08 Å². The summed E-state index contributed by atoms with van der Waals surface area (Å²) in [7, 11) is 0. The van der Waals surface area contributed by atoms with Gasteiger partial charge in [0.2, 0.25) is 0 Å². The van der Waals surface area contributed by atoms with Crippen molar-refractivity contribution in [3.8, 4) is 0 Å². The summed E-state index contributed by atoms with van der Waals surface area (Å²) >= 11 is 0. The maximum absolute atomic E-state index is 10.6. The number of carboxylic acid groups (broad SMARTS) is 1. The van der Waals surface area contributed by atoms with Gasteiger partial charge in [0, 0.05) is 12.2 Å². The maximum atomic E-state index is 10.6. The van der Waals surface area contributed by atoms with Gasteiger partial charge in [-0.25, -0.2) is 9.59 Å². The van der Waals surface area contributed by atoms with Crippen LogP contribution in [0.4, 0.5) is 0 Å². The molecule has 0 amide bonds. The Kier molecular flexibility index (Phi) is 8.45. The molecular weight excluding hydrogens is 244 g/mol. The first-order valence-corrected chi connectivity index (χ1v) is 5.74. The molecule has 0 saturated heterocycles. The normalized spacial score (nSPS) is 9.63. The highest BCUT2D eigenvalue weighted by atomic mass is 16.5. The number of carbonyl (C=O) groups excluding carboxylic acids is 1. The zero-order valence-electron chi connectivity index (χ0n) is 11.1. The molecule has 0 fully saturated rings. The number of hydrogen-bond donors (Lipinski definition) is 1. The van der Waals surface area contributed by atoms with Gasteiger partial charge in [0.05, 0.1) is 6.10 Å². The number of benzene rings is 1. The number of esters is 1. The minimum absolute atomic E-state index is 0.221. The van der Waals surface area contributed by atoms with Gasteiger partial charge in [0.15, 0.2) is 0 Å². The molecule has 19 heavy (non-hydrogen) atoms. The van der Waals surface area contributed by atoms with E-state index in [1.807, 2.05) is 36.4 Å². The number of ether oxygens (including phenoxy) is 1. The Labute approximate surface area is 113 Å². The molecule has 1 aromatic carbocycles. The number of hydrogen-bond acceptors (Lipinski definition) is 3. The van der Waals surface area contributed by atoms with E-state index in [-0.39, 0.29) is 6.10 Å². The standard InChI is InChI=1S/C8H8.C7H10O4/c1-2-8-6-4-3-5-7-8;1-5(2)11-7(10)4-3-6(8)9/h2-7H,1H2;3-5H,1-2H3,(H,8,9). The van der Waals surface area contributed by atoms with Gasteiger partial charge in [-0.05, 0) is 19.4 Å². The van der Waals surface area contributed by atoms with Crippen LogP contribution in [0.1, 0.15) is 19.4 Å². The van der Waals surface area contributed by atoms with E-state index in [0.717, 1.165) is 12.2 Å². The summed E-state index contributed by atoms with van der Waals surface area (Å²) in [5.74, 6) is -1.80. The van der Waals surface area contributed by atoms with Crippen LogP contribution in [0, 0.1) is 0 Å². The molecule has 0 atom stereocenters. The molecule has 0 aliphatic heterocycles. The van der Waals surface area contributed by atoms with E-state index < -0.39 is 11.9 Å². The summed E-state index contributed by atoms with van der Waals surface area (Å²) in [4.78, 5) is 20.5. The van der Waals surface area contributed by atoms with Crippen LogP contribution in [0.15, 0.2) is 49.1 Å². The van der Waals surface area contributed by atoms with Crippen LogP contribution in [0.2, 0.25) is 0 Å². The average molecular weight is 262 g/mol. The molecule has 4 nitrogen and oxygen atoms in total. The van der Waals surface area contributed by atoms with Crippen molar-refractivity contribution in [2.24, 2.45) is 0 Å². The van der Waals surface area contributed by atoms with E-state index in [2.05, 4.69) is 11.3 Å². The zero-order valence-corrected chi connectivity index (χ0v) is 11.1. The van der Waals surface area contributed by atoms with E-state index in [9.17, 15) is 9.59 Å². The lowest BCUT2D eigenvalue weighted by Crippen LogP contribution is -2.08. The summed E-state index contributed by atoms with van der Waals surface area (Å²) < 4.78 is 4.61. The molecule has 0 spiro atoms. The second-order valence-electron chi connectivity index (χ2n) is 3.77. The Morgan fingerprint density at radius 3 is 2.16 bits per heavy atom. The first-order valence-electron chi connectivity index (χ1n) is 5.74. The van der Waals surface area contributed by atoms with Gasteiger partial charge in [-0.2, -0.15) is 0 Å². The van der Waals surface area contributed by atoms with Crippen LogP contribution >= 0.6 is 0 Å². The Bertz CT molecular complexity index is 433. The fraction of sp³-hybridized carbons (Fsp3) is 0.200. The number of carboxylic acids is 1. The highest BCUT2D eigenvalue weighted by Gasteiger charge is 2.00. The van der Waals surface area contributed by atoms with E-state index in [1.54, 1.807) is 13.8 Å². The van der Waals surface area contributed by atoms with Crippen molar-refractivity contribution >= 4 is 18.0 Å². The van der Waals surface area contributed by atoms with E-state index in [1.165, 1.54) is 5.56 Å². The van der Waals surface area contributed by atoms with E-state index in [4.69, 9.17) is 5.11 Å². The third-order valence-electron chi connectivity index (χ3n) is 1.75. The molecule has 1 rings (SSSR count). The predicted octanol–water partition coefficient (Wildman–Crippen LogP) is 2.91. The van der Waals surface area contributed by atoms with Gasteiger partial charge in [0.25, 0.3) is 0 Å². The molecule has 4 heteroatoms. The summed E-state index contributed by atoms with van der Waals surface area (Å²) in [6.07, 6.45) is 3.23. The highest BCUT2D eigenvalue weighted by Crippen LogP contribution is 1.97. The molecule has 0 unspecified atom stereocenters. The minimum Gasteiger partial charge on any atom is -0.478 e. The maximum Gasteiger partial charge on any atom is 0.331 e. The van der Waals surface area contributed by atoms with Crippen molar-refractivity contribution in [3.63, 3.8) is 0 Å². The van der Waals surface area contributed by atoms with E-state index in [0.29, 0.717) is 0 Å². The molecule has 0 radical (unpaired) electrons. The lowest BCUT2D eigenvalue weighted by Gasteiger charge is -2.02. The number of rotatable bonds is 4. The van der Waals surface area contributed by atoms with Crippen molar-refractivity contribution in [3.05, 3.63) is 54.6 Å². The first-order chi connectivity index (χ1) is 8.95. The highest BCUT2D eigenvalue weighted by molar-refractivity contribution is 5.90. The predicted molar refractivity (Wildman–Crippen MR) is 74.5 cm³/mol. The van der Waals surface area contributed by atoms with Crippen molar-refractivity contribution in [2.75, 3.05) is 0 Å². The summed E-state index contributed by atoms with van der Waals surface area (Å²) in [5, 5.41) is 8.10. The lowest BCUT2D eigenvalue weighted by molar-refractivity contribution is -0.142. The second-order valence-corrected chi connectivity index (χ2v) is 3.77. The SMILES string of the molecule is C=Cc1ccccc1.CC(C)OC(=O)C=CC(=O)O. The smallest absolute Gasteiger partial charge is 0.331 e. The first kappa shape index (κ1) is 16.6. The minimum atomic E-state index is -1.16. The Balaban J connectivity index is 0.000000356. The van der Waals surface area contributed by atoms with Crippen molar-refractivity contribution in [2.45, 2.75) is 20.0 Å². The quantitative estimate of drug-likeness (QED) is 0.669. The molecule has 0 aromatic heterocycles. The average Bonchev–Trinajstić information content (AvgIpc) is 2.37. The van der Waals surface area contributed by atoms with Crippen LogP contribution in [-0.2, 0) is 14.3 Å². The Morgan fingerprint density at radius 1 is 1.21 bits per heavy atom. The summed E-state index contributed by atoms with van der Waals surface area (Å²) in [6.45, 7) is 7.00. The van der Waals surface area contributed by atoms with Crippen LogP contribution in [-0.4, -0.2) is 23.1 Å². The molecule has 102 valence electrons. The fourth-order valence-corrected chi connectivity index (χ4v) is 1.00. The monoisotopic (exact) mass is 262 g/mol. The third kappa shape index (κ3) is 10.5. The van der Waals surface area contributed by atoms with Crippen molar-refractivity contribution < 1.29 is 19.4 Å². The largest absolute Gasteiger partial charge is 0.478 e. The molecule has 0 aliphatic carbocycles. The van der Waals surface area contributed by atoms with Crippen LogP contribution < -0.4 is 0 Å². The molecule has 0 heterocycles.